The minimum atomic E-state index is -0.954. The van der Waals surface area contributed by atoms with Crippen molar-refractivity contribution in [3.05, 3.63) is 82.1 Å². The smallest absolute Gasteiger partial charge is 0.161 e. The van der Waals surface area contributed by atoms with E-state index in [-0.39, 0.29) is 0 Å². The molecule has 3 aromatic heterocycles. The third kappa shape index (κ3) is 3.05. The van der Waals surface area contributed by atoms with E-state index in [9.17, 15) is 8.78 Å². The van der Waals surface area contributed by atoms with Crippen molar-refractivity contribution in [1.29, 1.82) is 0 Å². The van der Waals surface area contributed by atoms with Gasteiger partial charge in [-0.25, -0.2) is 18.7 Å². The Balaban J connectivity index is 1.74. The van der Waals surface area contributed by atoms with Crippen LogP contribution in [0, 0.1) is 11.6 Å². The minimum Gasteiger partial charge on any atom is -0.338 e. The fourth-order valence-electron chi connectivity index (χ4n) is 3.41. The Morgan fingerprint density at radius 3 is 2.59 bits per heavy atom. The van der Waals surface area contributed by atoms with Gasteiger partial charge in [0.15, 0.2) is 11.6 Å². The number of nitrogens with one attached hydrogen (secondary N) is 1. The highest BCUT2D eigenvalue weighted by atomic mass is 35.5. The largest absolute Gasteiger partial charge is 0.338 e. The molecule has 0 aliphatic carbocycles. The number of hydrogen-bond donors (Lipinski definition) is 1. The topological polar surface area (TPSA) is 46.5 Å². The van der Waals surface area contributed by atoms with Crippen LogP contribution in [-0.2, 0) is 6.54 Å². The molecule has 29 heavy (non-hydrogen) atoms. The van der Waals surface area contributed by atoms with Crippen molar-refractivity contribution >= 4 is 45.3 Å². The predicted octanol–water partition coefficient (Wildman–Crippen LogP) is 6.21. The number of fused-ring (bicyclic) bond motifs is 2. The quantitative estimate of drug-likeness (QED) is 0.371. The Morgan fingerprint density at radius 1 is 1.03 bits per heavy atom. The lowest BCUT2D eigenvalue weighted by molar-refractivity contribution is 0.510. The molecule has 0 fully saturated rings. The van der Waals surface area contributed by atoms with Crippen LogP contribution in [0.3, 0.4) is 0 Å². The lowest BCUT2D eigenvalue weighted by atomic mass is 10.2. The van der Waals surface area contributed by atoms with Crippen molar-refractivity contribution in [2.45, 2.75) is 6.54 Å². The monoisotopic (exact) mass is 428 g/mol. The average Bonchev–Trinajstić information content (AvgIpc) is 3.27. The second kappa shape index (κ2) is 6.83. The van der Waals surface area contributed by atoms with E-state index in [1.807, 2.05) is 41.1 Å². The van der Waals surface area contributed by atoms with E-state index in [4.69, 9.17) is 23.2 Å². The summed E-state index contributed by atoms with van der Waals surface area (Å²) < 4.78 is 29.1. The van der Waals surface area contributed by atoms with Gasteiger partial charge < -0.3 is 9.55 Å². The Morgan fingerprint density at radius 2 is 1.79 bits per heavy atom. The molecule has 0 unspecified atom stereocenters. The second-order valence-electron chi connectivity index (χ2n) is 6.64. The summed E-state index contributed by atoms with van der Waals surface area (Å²) in [6.45, 7) is 0.561. The molecule has 0 saturated carbocycles. The van der Waals surface area contributed by atoms with Crippen LogP contribution < -0.4 is 0 Å². The van der Waals surface area contributed by atoms with Crippen molar-refractivity contribution in [3.63, 3.8) is 0 Å². The van der Waals surface area contributed by atoms with Gasteiger partial charge in [0, 0.05) is 36.6 Å². The molecule has 2 aromatic carbocycles. The summed E-state index contributed by atoms with van der Waals surface area (Å²) in [5.74, 6) is -1.47. The summed E-state index contributed by atoms with van der Waals surface area (Å²) in [6.07, 6.45) is 3.36. The van der Waals surface area contributed by atoms with Crippen molar-refractivity contribution in [2.75, 3.05) is 0 Å². The predicted molar refractivity (Wildman–Crippen MR) is 110 cm³/mol. The first-order chi connectivity index (χ1) is 14.0. The Kier molecular flexibility index (Phi) is 4.26. The highest BCUT2D eigenvalue weighted by Crippen LogP contribution is 2.38. The van der Waals surface area contributed by atoms with Crippen LogP contribution in [0.15, 0.2) is 54.9 Å². The van der Waals surface area contributed by atoms with Crippen LogP contribution in [0.1, 0.15) is 5.56 Å². The molecule has 0 radical (unpaired) electrons. The molecular formula is C21H12Cl2F2N4. The molecule has 0 atom stereocenters. The zero-order valence-electron chi connectivity index (χ0n) is 14.8. The summed E-state index contributed by atoms with van der Waals surface area (Å²) >= 11 is 12.7. The number of benzene rings is 2. The first-order valence-corrected chi connectivity index (χ1v) is 9.49. The molecule has 1 N–H and O–H groups in total. The SMILES string of the molecule is Fc1cc2nc(-c3cn(Cc4ccccc4)c4ncc(Cl)c(Cl)c34)[nH]c2cc1F. The number of imidazole rings is 1. The van der Waals surface area contributed by atoms with E-state index in [0.717, 1.165) is 17.7 Å². The third-order valence-corrected chi connectivity index (χ3v) is 5.53. The summed E-state index contributed by atoms with van der Waals surface area (Å²) in [7, 11) is 0. The maximum Gasteiger partial charge on any atom is 0.161 e. The maximum atomic E-state index is 13.6. The van der Waals surface area contributed by atoms with Crippen LogP contribution in [0.2, 0.25) is 10.0 Å². The van der Waals surface area contributed by atoms with Gasteiger partial charge in [-0.1, -0.05) is 53.5 Å². The van der Waals surface area contributed by atoms with Gasteiger partial charge in [-0.05, 0) is 5.56 Å². The Hall–Kier alpha value is -2.96. The summed E-state index contributed by atoms with van der Waals surface area (Å²) in [5, 5.41) is 1.28. The second-order valence-corrected chi connectivity index (χ2v) is 7.43. The fraction of sp³-hybridized carbons (Fsp3) is 0.0476. The molecule has 8 heteroatoms. The zero-order chi connectivity index (χ0) is 20.1. The van der Waals surface area contributed by atoms with E-state index in [0.29, 0.717) is 50.0 Å². The normalized spacial score (nSPS) is 11.6. The number of pyridine rings is 1. The van der Waals surface area contributed by atoms with Crippen LogP contribution in [0.5, 0.6) is 0 Å². The van der Waals surface area contributed by atoms with Gasteiger partial charge in [-0.3, -0.25) is 0 Å². The van der Waals surface area contributed by atoms with Gasteiger partial charge in [-0.15, -0.1) is 0 Å². The van der Waals surface area contributed by atoms with Crippen molar-refractivity contribution < 1.29 is 8.78 Å². The standard InChI is InChI=1S/C21H12Cl2F2N4/c22-13-8-26-21-18(19(13)23)12(10-29(21)9-11-4-2-1-3-5-11)20-27-16-6-14(24)15(25)7-17(16)28-20/h1-8,10H,9H2,(H,27,28). The van der Waals surface area contributed by atoms with Crippen molar-refractivity contribution in [3.8, 4) is 11.4 Å². The minimum absolute atomic E-state index is 0.311. The number of rotatable bonds is 3. The molecule has 0 bridgehead atoms. The first-order valence-electron chi connectivity index (χ1n) is 8.73. The number of hydrogen-bond acceptors (Lipinski definition) is 2. The van der Waals surface area contributed by atoms with Gasteiger partial charge in [0.25, 0.3) is 0 Å². The zero-order valence-corrected chi connectivity index (χ0v) is 16.3. The molecule has 0 amide bonds. The van der Waals surface area contributed by atoms with Gasteiger partial charge in [0.05, 0.1) is 26.5 Å². The highest BCUT2D eigenvalue weighted by Gasteiger charge is 2.20. The van der Waals surface area contributed by atoms with Crippen molar-refractivity contribution in [2.24, 2.45) is 0 Å². The van der Waals surface area contributed by atoms with E-state index in [2.05, 4.69) is 15.0 Å². The molecule has 5 rings (SSSR count). The number of aromatic amines is 1. The van der Waals surface area contributed by atoms with E-state index in [1.54, 1.807) is 0 Å². The first kappa shape index (κ1) is 18.1. The number of aromatic nitrogens is 4. The molecular weight excluding hydrogens is 417 g/mol. The van der Waals surface area contributed by atoms with Crippen LogP contribution >= 0.6 is 23.2 Å². The van der Waals surface area contributed by atoms with Crippen LogP contribution in [-0.4, -0.2) is 19.5 Å². The van der Waals surface area contributed by atoms with Gasteiger partial charge in [-0.2, -0.15) is 0 Å². The Bertz CT molecular complexity index is 1340. The average molecular weight is 429 g/mol. The van der Waals surface area contributed by atoms with E-state index in [1.165, 1.54) is 6.20 Å². The lowest BCUT2D eigenvalue weighted by Crippen LogP contribution is -1.98. The number of nitrogens with zero attached hydrogens (tertiary/aromatic N) is 3. The number of halogens is 4. The summed E-state index contributed by atoms with van der Waals surface area (Å²) in [5.41, 5.74) is 3.06. The van der Waals surface area contributed by atoms with Crippen molar-refractivity contribution in [1.82, 2.24) is 19.5 Å². The van der Waals surface area contributed by atoms with Crippen LogP contribution in [0.4, 0.5) is 8.78 Å². The molecule has 3 heterocycles. The maximum absolute atomic E-state index is 13.6. The fourth-order valence-corrected chi connectivity index (χ4v) is 3.79. The van der Waals surface area contributed by atoms with Gasteiger partial charge >= 0.3 is 0 Å². The molecule has 0 saturated heterocycles. The third-order valence-electron chi connectivity index (χ3n) is 4.75. The Labute approximate surface area is 173 Å². The summed E-state index contributed by atoms with van der Waals surface area (Å²) in [6, 6.07) is 12.0. The molecule has 0 aliphatic rings. The van der Waals surface area contributed by atoms with Gasteiger partial charge in [0.2, 0.25) is 0 Å². The van der Waals surface area contributed by atoms with E-state index >= 15 is 0 Å². The number of H-pyrrole nitrogens is 1. The molecule has 5 aromatic rings. The van der Waals surface area contributed by atoms with E-state index < -0.39 is 11.6 Å². The van der Waals surface area contributed by atoms with Crippen LogP contribution in [0.25, 0.3) is 33.5 Å². The molecule has 4 nitrogen and oxygen atoms in total. The molecule has 0 spiro atoms. The highest BCUT2D eigenvalue weighted by molar-refractivity contribution is 6.45. The molecule has 144 valence electrons. The lowest BCUT2D eigenvalue weighted by Gasteiger charge is -2.05. The van der Waals surface area contributed by atoms with Gasteiger partial charge in [0.1, 0.15) is 11.5 Å². The molecule has 0 aliphatic heterocycles. The summed E-state index contributed by atoms with van der Waals surface area (Å²) in [4.78, 5) is 11.9.